The van der Waals surface area contributed by atoms with Gasteiger partial charge >= 0.3 is 0 Å². The molecule has 0 aromatic heterocycles. The van der Waals surface area contributed by atoms with Gasteiger partial charge in [0.25, 0.3) is 0 Å². The number of phenolic OH excluding ortho intramolecular Hbond substituents is 1. The lowest BCUT2D eigenvalue weighted by Crippen LogP contribution is -2.17. The molecule has 0 amide bonds. The van der Waals surface area contributed by atoms with E-state index in [0.29, 0.717) is 5.75 Å². The second kappa shape index (κ2) is 5.75. The van der Waals surface area contributed by atoms with Crippen LogP contribution in [0.25, 0.3) is 0 Å². The summed E-state index contributed by atoms with van der Waals surface area (Å²) in [6.45, 7) is 3.29. The highest BCUT2D eigenvalue weighted by Crippen LogP contribution is 2.18. The summed E-state index contributed by atoms with van der Waals surface area (Å²) in [7, 11) is 0. The third-order valence-electron chi connectivity index (χ3n) is 3.14. The second-order valence-electron chi connectivity index (χ2n) is 4.48. The average molecular weight is 220 g/mol. The van der Waals surface area contributed by atoms with Crippen molar-refractivity contribution >= 4 is 5.69 Å². The third-order valence-corrected chi connectivity index (χ3v) is 3.14. The van der Waals surface area contributed by atoms with Crippen LogP contribution in [0.15, 0.2) is 24.3 Å². The lowest BCUT2D eigenvalue weighted by atomic mass is 10.0. The Hall–Kier alpha value is -1.22. The predicted octanol–water partition coefficient (Wildman–Crippen LogP) is 2.19. The zero-order valence-electron chi connectivity index (χ0n) is 9.58. The molecule has 0 radical (unpaired) electrons. The molecular weight excluding hydrogens is 200 g/mol. The minimum atomic E-state index is 0.326. The van der Waals surface area contributed by atoms with Crippen molar-refractivity contribution in [2.75, 3.05) is 25.0 Å². The molecule has 88 valence electrons. The summed E-state index contributed by atoms with van der Waals surface area (Å²) in [6.07, 6.45) is 3.80. The van der Waals surface area contributed by atoms with Gasteiger partial charge in [0.1, 0.15) is 5.75 Å². The number of nitrogens with one attached hydrogen (secondary N) is 2. The first-order valence-corrected chi connectivity index (χ1v) is 6.08. The third kappa shape index (κ3) is 3.42. The van der Waals surface area contributed by atoms with E-state index in [1.54, 1.807) is 12.1 Å². The van der Waals surface area contributed by atoms with Crippen LogP contribution in [0.3, 0.4) is 0 Å². The molecule has 3 N–H and O–H groups in total. The molecule has 0 aliphatic carbocycles. The van der Waals surface area contributed by atoms with E-state index in [9.17, 15) is 5.11 Å². The van der Waals surface area contributed by atoms with Crippen molar-refractivity contribution in [1.82, 2.24) is 5.32 Å². The molecule has 3 heteroatoms. The molecule has 0 bridgehead atoms. The topological polar surface area (TPSA) is 44.3 Å². The van der Waals surface area contributed by atoms with E-state index >= 15 is 0 Å². The highest BCUT2D eigenvalue weighted by molar-refractivity contribution is 5.47. The Balaban J connectivity index is 1.81. The molecule has 1 unspecified atom stereocenters. The van der Waals surface area contributed by atoms with E-state index in [2.05, 4.69) is 10.6 Å². The first-order valence-electron chi connectivity index (χ1n) is 6.08. The molecule has 1 aliphatic rings. The van der Waals surface area contributed by atoms with E-state index in [1.165, 1.54) is 19.3 Å². The van der Waals surface area contributed by atoms with Crippen molar-refractivity contribution in [1.29, 1.82) is 0 Å². The fraction of sp³-hybridized carbons (Fsp3) is 0.538. The summed E-state index contributed by atoms with van der Waals surface area (Å²) in [5.74, 6) is 1.07. The number of hydrogen-bond acceptors (Lipinski definition) is 3. The maximum Gasteiger partial charge on any atom is 0.117 e. The van der Waals surface area contributed by atoms with Crippen LogP contribution in [0.1, 0.15) is 19.3 Å². The summed E-state index contributed by atoms with van der Waals surface area (Å²) in [4.78, 5) is 0. The minimum absolute atomic E-state index is 0.326. The Morgan fingerprint density at radius 1 is 1.31 bits per heavy atom. The van der Waals surface area contributed by atoms with Crippen LogP contribution in [-0.2, 0) is 0 Å². The molecule has 1 aromatic rings. The Bertz CT molecular complexity index is 319. The Morgan fingerprint density at radius 2 is 2.25 bits per heavy atom. The van der Waals surface area contributed by atoms with Gasteiger partial charge in [-0.2, -0.15) is 0 Å². The maximum atomic E-state index is 9.35. The largest absolute Gasteiger partial charge is 0.508 e. The van der Waals surface area contributed by atoms with Crippen molar-refractivity contribution in [2.24, 2.45) is 5.92 Å². The standard InChI is InChI=1S/C13H20N2O/c16-13-5-1-4-12(9-13)15-10-11-3-2-7-14-8-6-11/h1,4-5,9,11,14-16H,2-3,6-8,10H2. The molecule has 3 nitrogen and oxygen atoms in total. The number of anilines is 1. The van der Waals surface area contributed by atoms with Crippen LogP contribution in [-0.4, -0.2) is 24.7 Å². The monoisotopic (exact) mass is 220 g/mol. The number of phenols is 1. The smallest absolute Gasteiger partial charge is 0.117 e. The fourth-order valence-corrected chi connectivity index (χ4v) is 2.17. The molecule has 2 rings (SSSR count). The van der Waals surface area contributed by atoms with Gasteiger partial charge in [-0.05, 0) is 50.4 Å². The van der Waals surface area contributed by atoms with Gasteiger partial charge in [-0.15, -0.1) is 0 Å². The van der Waals surface area contributed by atoms with E-state index < -0.39 is 0 Å². The van der Waals surface area contributed by atoms with Crippen LogP contribution in [0.5, 0.6) is 5.75 Å². The quantitative estimate of drug-likeness (QED) is 0.731. The van der Waals surface area contributed by atoms with Crippen molar-refractivity contribution in [3.63, 3.8) is 0 Å². The highest BCUT2D eigenvalue weighted by atomic mass is 16.3. The predicted molar refractivity (Wildman–Crippen MR) is 66.8 cm³/mol. The van der Waals surface area contributed by atoms with Gasteiger partial charge in [0.05, 0.1) is 0 Å². The van der Waals surface area contributed by atoms with Crippen molar-refractivity contribution in [3.05, 3.63) is 24.3 Å². The molecule has 1 heterocycles. The van der Waals surface area contributed by atoms with Gasteiger partial charge in [0.15, 0.2) is 0 Å². The van der Waals surface area contributed by atoms with Crippen molar-refractivity contribution in [3.8, 4) is 5.75 Å². The van der Waals surface area contributed by atoms with Crippen molar-refractivity contribution in [2.45, 2.75) is 19.3 Å². The summed E-state index contributed by atoms with van der Waals surface area (Å²) in [6, 6.07) is 7.33. The summed E-state index contributed by atoms with van der Waals surface area (Å²) >= 11 is 0. The average Bonchev–Trinajstić information content (AvgIpc) is 2.55. The van der Waals surface area contributed by atoms with E-state index in [-0.39, 0.29) is 0 Å². The van der Waals surface area contributed by atoms with E-state index in [1.807, 2.05) is 12.1 Å². The molecule has 0 saturated carbocycles. The molecule has 1 aromatic carbocycles. The lowest BCUT2D eigenvalue weighted by molar-refractivity contribution is 0.475. The lowest BCUT2D eigenvalue weighted by Gasteiger charge is -2.15. The van der Waals surface area contributed by atoms with Crippen molar-refractivity contribution < 1.29 is 5.11 Å². The number of rotatable bonds is 3. The molecular formula is C13H20N2O. The SMILES string of the molecule is Oc1cccc(NCC2CCCNCC2)c1. The van der Waals surface area contributed by atoms with Gasteiger partial charge in [0.2, 0.25) is 0 Å². The van der Waals surface area contributed by atoms with E-state index in [4.69, 9.17) is 0 Å². The van der Waals surface area contributed by atoms with Crippen LogP contribution < -0.4 is 10.6 Å². The maximum absolute atomic E-state index is 9.35. The normalized spacial score (nSPS) is 21.4. The van der Waals surface area contributed by atoms with Gasteiger partial charge < -0.3 is 15.7 Å². The van der Waals surface area contributed by atoms with E-state index in [0.717, 1.165) is 31.2 Å². The Labute approximate surface area is 96.9 Å². The number of aromatic hydroxyl groups is 1. The van der Waals surface area contributed by atoms with Gasteiger partial charge in [-0.1, -0.05) is 6.07 Å². The van der Waals surface area contributed by atoms with Crippen LogP contribution in [0.2, 0.25) is 0 Å². The summed E-state index contributed by atoms with van der Waals surface area (Å²) < 4.78 is 0. The first kappa shape index (κ1) is 11.3. The molecule has 1 fully saturated rings. The van der Waals surface area contributed by atoms with Gasteiger partial charge in [-0.3, -0.25) is 0 Å². The zero-order chi connectivity index (χ0) is 11.2. The van der Waals surface area contributed by atoms with Crippen LogP contribution in [0.4, 0.5) is 5.69 Å². The molecule has 16 heavy (non-hydrogen) atoms. The Morgan fingerprint density at radius 3 is 3.12 bits per heavy atom. The summed E-state index contributed by atoms with van der Waals surface area (Å²) in [5.41, 5.74) is 1.01. The second-order valence-corrected chi connectivity index (χ2v) is 4.48. The van der Waals surface area contributed by atoms with Gasteiger partial charge in [-0.25, -0.2) is 0 Å². The van der Waals surface area contributed by atoms with Crippen LogP contribution in [0, 0.1) is 5.92 Å². The molecule has 1 atom stereocenters. The summed E-state index contributed by atoms with van der Waals surface area (Å²) in [5, 5.41) is 16.2. The molecule has 1 saturated heterocycles. The fourth-order valence-electron chi connectivity index (χ4n) is 2.17. The molecule has 0 spiro atoms. The highest BCUT2D eigenvalue weighted by Gasteiger charge is 2.11. The number of benzene rings is 1. The van der Waals surface area contributed by atoms with Crippen LogP contribution >= 0.6 is 0 Å². The first-order chi connectivity index (χ1) is 7.84. The zero-order valence-corrected chi connectivity index (χ0v) is 9.58. The number of hydrogen-bond donors (Lipinski definition) is 3. The van der Waals surface area contributed by atoms with Gasteiger partial charge in [0, 0.05) is 18.3 Å². The minimum Gasteiger partial charge on any atom is -0.508 e. The Kier molecular flexibility index (Phi) is 4.05. The molecule has 1 aliphatic heterocycles.